The number of rotatable bonds is 7. The van der Waals surface area contributed by atoms with Crippen LogP contribution in [0.3, 0.4) is 0 Å². The predicted octanol–water partition coefficient (Wildman–Crippen LogP) is 3.80. The second kappa shape index (κ2) is 7.62. The van der Waals surface area contributed by atoms with Crippen molar-refractivity contribution in [2.45, 2.75) is 59.3 Å². The Morgan fingerprint density at radius 1 is 1.19 bits per heavy atom. The molecule has 1 N–H and O–H groups in total. The molecular formula is C17H30N4. The molecule has 0 amide bonds. The molecule has 118 valence electrons. The van der Waals surface area contributed by atoms with Gasteiger partial charge < -0.3 is 10.2 Å². The lowest BCUT2D eigenvalue weighted by Gasteiger charge is -2.25. The number of nitrogens with zero attached hydrogens (tertiary/aromatic N) is 3. The topological polar surface area (TPSA) is 41.1 Å². The second-order valence-corrected chi connectivity index (χ2v) is 6.25. The molecule has 0 unspecified atom stereocenters. The highest BCUT2D eigenvalue weighted by molar-refractivity contribution is 5.58. The summed E-state index contributed by atoms with van der Waals surface area (Å²) < 4.78 is 0. The molecule has 4 nitrogen and oxygen atoms in total. The monoisotopic (exact) mass is 290 g/mol. The van der Waals surface area contributed by atoms with E-state index in [1.54, 1.807) is 0 Å². The number of hydrogen-bond acceptors (Lipinski definition) is 4. The fourth-order valence-corrected chi connectivity index (χ4v) is 3.16. The summed E-state index contributed by atoms with van der Waals surface area (Å²) in [5.74, 6) is 3.89. The van der Waals surface area contributed by atoms with Gasteiger partial charge in [-0.3, -0.25) is 0 Å². The van der Waals surface area contributed by atoms with Crippen LogP contribution in [0.4, 0.5) is 11.6 Å². The standard InChI is InChI=1S/C17H30N4/c1-5-11-18-16-13(3)17(20-15(6-2)19-16)21(4)12-14-9-7-8-10-14/h14H,5-12H2,1-4H3,(H,18,19,20). The smallest absolute Gasteiger partial charge is 0.137 e. The number of aromatic nitrogens is 2. The molecule has 1 aromatic rings. The third kappa shape index (κ3) is 4.08. The molecule has 2 rings (SSSR count). The summed E-state index contributed by atoms with van der Waals surface area (Å²) in [7, 11) is 2.18. The maximum atomic E-state index is 4.78. The summed E-state index contributed by atoms with van der Waals surface area (Å²) in [5, 5.41) is 3.45. The second-order valence-electron chi connectivity index (χ2n) is 6.25. The van der Waals surface area contributed by atoms with Crippen molar-refractivity contribution in [2.75, 3.05) is 30.4 Å². The summed E-state index contributed by atoms with van der Waals surface area (Å²) in [6.07, 6.45) is 7.52. The van der Waals surface area contributed by atoms with Crippen molar-refractivity contribution in [3.63, 3.8) is 0 Å². The summed E-state index contributed by atoms with van der Waals surface area (Å²) in [6.45, 7) is 8.52. The molecule has 0 aromatic carbocycles. The maximum absolute atomic E-state index is 4.78. The Hall–Kier alpha value is -1.32. The van der Waals surface area contributed by atoms with E-state index < -0.39 is 0 Å². The quantitative estimate of drug-likeness (QED) is 0.829. The fourth-order valence-electron chi connectivity index (χ4n) is 3.16. The Morgan fingerprint density at radius 2 is 1.90 bits per heavy atom. The zero-order chi connectivity index (χ0) is 15.2. The Morgan fingerprint density at radius 3 is 2.52 bits per heavy atom. The number of hydrogen-bond donors (Lipinski definition) is 1. The largest absolute Gasteiger partial charge is 0.370 e. The van der Waals surface area contributed by atoms with E-state index in [0.717, 1.165) is 49.3 Å². The minimum atomic E-state index is 0.835. The van der Waals surface area contributed by atoms with Gasteiger partial charge >= 0.3 is 0 Å². The average molecular weight is 290 g/mol. The molecule has 1 fully saturated rings. The van der Waals surface area contributed by atoms with Crippen molar-refractivity contribution in [2.24, 2.45) is 5.92 Å². The Kier molecular flexibility index (Phi) is 5.83. The number of aryl methyl sites for hydroxylation is 1. The van der Waals surface area contributed by atoms with Crippen molar-refractivity contribution >= 4 is 11.6 Å². The van der Waals surface area contributed by atoms with Crippen molar-refractivity contribution in [3.05, 3.63) is 11.4 Å². The number of anilines is 2. The summed E-state index contributed by atoms with van der Waals surface area (Å²) in [4.78, 5) is 11.8. The molecule has 0 saturated heterocycles. The zero-order valence-electron chi connectivity index (χ0n) is 14.1. The first-order valence-corrected chi connectivity index (χ1v) is 8.48. The Labute approximate surface area is 129 Å². The Balaban J connectivity index is 2.18. The highest BCUT2D eigenvalue weighted by atomic mass is 15.2. The van der Waals surface area contributed by atoms with E-state index in [1.165, 1.54) is 31.2 Å². The lowest BCUT2D eigenvalue weighted by molar-refractivity contribution is 0.544. The van der Waals surface area contributed by atoms with Crippen molar-refractivity contribution in [3.8, 4) is 0 Å². The molecule has 0 radical (unpaired) electrons. The van der Waals surface area contributed by atoms with Crippen LogP contribution in [0, 0.1) is 12.8 Å². The van der Waals surface area contributed by atoms with Gasteiger partial charge in [0.2, 0.25) is 0 Å². The summed E-state index contributed by atoms with van der Waals surface area (Å²) in [6, 6.07) is 0. The molecule has 0 aliphatic heterocycles. The lowest BCUT2D eigenvalue weighted by atomic mass is 10.1. The van der Waals surface area contributed by atoms with Gasteiger partial charge in [0.25, 0.3) is 0 Å². The van der Waals surface area contributed by atoms with Crippen molar-refractivity contribution in [1.82, 2.24) is 9.97 Å². The van der Waals surface area contributed by atoms with Gasteiger partial charge in [-0.1, -0.05) is 26.7 Å². The SMILES string of the molecule is CCCNc1nc(CC)nc(N(C)CC2CCCC2)c1C. The minimum absolute atomic E-state index is 0.835. The van der Waals surface area contributed by atoms with Crippen molar-refractivity contribution in [1.29, 1.82) is 0 Å². The van der Waals surface area contributed by atoms with Crippen LogP contribution >= 0.6 is 0 Å². The van der Waals surface area contributed by atoms with Gasteiger partial charge in [0.15, 0.2) is 0 Å². The first-order valence-electron chi connectivity index (χ1n) is 8.48. The maximum Gasteiger partial charge on any atom is 0.137 e. The van der Waals surface area contributed by atoms with E-state index in [2.05, 4.69) is 43.0 Å². The van der Waals surface area contributed by atoms with Crippen LogP contribution in [0.25, 0.3) is 0 Å². The molecule has 1 aromatic heterocycles. The molecular weight excluding hydrogens is 260 g/mol. The van der Waals surface area contributed by atoms with Gasteiger partial charge in [0, 0.05) is 32.1 Å². The number of nitrogens with one attached hydrogen (secondary N) is 1. The van der Waals surface area contributed by atoms with Crippen LogP contribution in [-0.4, -0.2) is 30.1 Å². The zero-order valence-corrected chi connectivity index (χ0v) is 14.1. The molecule has 1 saturated carbocycles. The highest BCUT2D eigenvalue weighted by Gasteiger charge is 2.20. The molecule has 0 spiro atoms. The fraction of sp³-hybridized carbons (Fsp3) is 0.765. The van der Waals surface area contributed by atoms with Crippen LogP contribution < -0.4 is 10.2 Å². The molecule has 0 atom stereocenters. The third-order valence-electron chi connectivity index (χ3n) is 4.39. The van der Waals surface area contributed by atoms with Gasteiger partial charge in [-0.05, 0) is 32.1 Å². The molecule has 1 aliphatic rings. The predicted molar refractivity (Wildman–Crippen MR) is 90.2 cm³/mol. The van der Waals surface area contributed by atoms with E-state index in [9.17, 15) is 0 Å². The van der Waals surface area contributed by atoms with Gasteiger partial charge in [-0.15, -0.1) is 0 Å². The summed E-state index contributed by atoms with van der Waals surface area (Å²) >= 11 is 0. The molecule has 0 bridgehead atoms. The van der Waals surface area contributed by atoms with E-state index in [0.29, 0.717) is 0 Å². The first-order chi connectivity index (χ1) is 10.2. The lowest BCUT2D eigenvalue weighted by Crippen LogP contribution is -2.26. The van der Waals surface area contributed by atoms with Crippen LogP contribution in [-0.2, 0) is 6.42 Å². The first kappa shape index (κ1) is 16.1. The van der Waals surface area contributed by atoms with Crippen LogP contribution in [0.1, 0.15) is 57.3 Å². The van der Waals surface area contributed by atoms with E-state index in [1.807, 2.05) is 0 Å². The molecule has 1 heterocycles. The molecule has 1 aliphatic carbocycles. The van der Waals surface area contributed by atoms with Crippen LogP contribution in [0.5, 0.6) is 0 Å². The molecule has 4 heteroatoms. The van der Waals surface area contributed by atoms with Crippen LogP contribution in [0.15, 0.2) is 0 Å². The van der Waals surface area contributed by atoms with Gasteiger partial charge in [-0.25, -0.2) is 9.97 Å². The van der Waals surface area contributed by atoms with Gasteiger partial charge in [-0.2, -0.15) is 0 Å². The van der Waals surface area contributed by atoms with E-state index in [4.69, 9.17) is 4.98 Å². The summed E-state index contributed by atoms with van der Waals surface area (Å²) in [5.41, 5.74) is 1.18. The van der Waals surface area contributed by atoms with Gasteiger partial charge in [0.1, 0.15) is 17.5 Å². The molecule has 21 heavy (non-hydrogen) atoms. The normalized spacial score (nSPS) is 15.4. The minimum Gasteiger partial charge on any atom is -0.370 e. The van der Waals surface area contributed by atoms with Gasteiger partial charge in [0.05, 0.1) is 0 Å². The van der Waals surface area contributed by atoms with E-state index in [-0.39, 0.29) is 0 Å². The third-order valence-corrected chi connectivity index (χ3v) is 4.39. The highest BCUT2D eigenvalue weighted by Crippen LogP contribution is 2.29. The van der Waals surface area contributed by atoms with E-state index >= 15 is 0 Å². The van der Waals surface area contributed by atoms with Crippen molar-refractivity contribution < 1.29 is 0 Å². The average Bonchev–Trinajstić information content (AvgIpc) is 2.99. The van der Waals surface area contributed by atoms with Crippen LogP contribution in [0.2, 0.25) is 0 Å². The Bertz CT molecular complexity index is 452.